The summed E-state index contributed by atoms with van der Waals surface area (Å²) in [6.07, 6.45) is 6.29. The Kier molecular flexibility index (Phi) is 7.75. The topological polar surface area (TPSA) is 77.8 Å². The van der Waals surface area contributed by atoms with Crippen molar-refractivity contribution < 1.29 is 20.1 Å². The predicted molar refractivity (Wildman–Crippen MR) is 101 cm³/mol. The number of ketones is 1. The van der Waals surface area contributed by atoms with Crippen LogP contribution in [0.25, 0.3) is 0 Å². The second-order valence-corrected chi connectivity index (χ2v) is 7.19. The van der Waals surface area contributed by atoms with E-state index in [-0.39, 0.29) is 46.5 Å². The third-order valence-corrected chi connectivity index (χ3v) is 4.10. The normalized spacial score (nSPS) is 11.7. The number of allylic oxidation sites excluding steroid dienone is 4. The molecule has 1 aromatic rings. The number of rotatable bonds is 8. The van der Waals surface area contributed by atoms with Gasteiger partial charge in [-0.25, -0.2) is 0 Å². The highest BCUT2D eigenvalue weighted by atomic mass is 16.3. The summed E-state index contributed by atoms with van der Waals surface area (Å²) >= 11 is 0. The molecule has 0 aliphatic rings. The van der Waals surface area contributed by atoms with Gasteiger partial charge in [0.05, 0.1) is 0 Å². The number of carbonyl (C=O) groups excluding carboxylic acids is 1. The molecule has 0 aliphatic heterocycles. The highest BCUT2D eigenvalue weighted by Gasteiger charge is 2.23. The van der Waals surface area contributed by atoms with Gasteiger partial charge in [-0.3, -0.25) is 4.79 Å². The van der Waals surface area contributed by atoms with Crippen molar-refractivity contribution >= 4 is 5.78 Å². The van der Waals surface area contributed by atoms with Gasteiger partial charge >= 0.3 is 0 Å². The molecule has 1 unspecified atom stereocenters. The fourth-order valence-electron chi connectivity index (χ4n) is 2.64. The largest absolute Gasteiger partial charge is 0.507 e. The van der Waals surface area contributed by atoms with E-state index in [1.807, 2.05) is 40.7 Å². The molecule has 4 nitrogen and oxygen atoms in total. The summed E-state index contributed by atoms with van der Waals surface area (Å²) in [5, 5.41) is 30.4. The molecule has 0 fully saturated rings. The highest BCUT2D eigenvalue weighted by Crippen LogP contribution is 2.39. The molecule has 0 saturated heterocycles. The smallest absolute Gasteiger partial charge is 0.170 e. The molecule has 0 bridgehead atoms. The standard InChI is InChI=1S/C21H30O4/c1-13(2)7-6-8-15(5)11-18(23)20-19(24)12-17(22)16(21(20)25)10-9-14(3)4/h7,9,12,15,22,24-25H,6,8,10-11H2,1-5H3. The molecular weight excluding hydrogens is 316 g/mol. The molecule has 0 radical (unpaired) electrons. The zero-order valence-electron chi connectivity index (χ0n) is 15.9. The monoisotopic (exact) mass is 346 g/mol. The molecule has 0 aliphatic carbocycles. The Bertz CT molecular complexity index is 676. The summed E-state index contributed by atoms with van der Waals surface area (Å²) in [5.74, 6) is -1.08. The lowest BCUT2D eigenvalue weighted by atomic mass is 9.92. The van der Waals surface area contributed by atoms with E-state index >= 15 is 0 Å². The van der Waals surface area contributed by atoms with Crippen LogP contribution < -0.4 is 0 Å². The molecule has 0 aromatic heterocycles. The average Bonchev–Trinajstić information content (AvgIpc) is 2.45. The Balaban J connectivity index is 2.99. The lowest BCUT2D eigenvalue weighted by Gasteiger charge is -2.14. The molecule has 3 N–H and O–H groups in total. The maximum Gasteiger partial charge on any atom is 0.170 e. The van der Waals surface area contributed by atoms with Crippen LogP contribution in [0, 0.1) is 5.92 Å². The number of phenolic OH excluding ortho intramolecular Hbond substituents is 3. The van der Waals surface area contributed by atoms with Gasteiger partial charge in [0.25, 0.3) is 0 Å². The van der Waals surface area contributed by atoms with Gasteiger partial charge < -0.3 is 15.3 Å². The van der Waals surface area contributed by atoms with Crippen molar-refractivity contribution in [3.63, 3.8) is 0 Å². The van der Waals surface area contributed by atoms with Crippen molar-refractivity contribution in [1.82, 2.24) is 0 Å². The quantitative estimate of drug-likeness (QED) is 0.443. The van der Waals surface area contributed by atoms with Crippen molar-refractivity contribution in [3.05, 3.63) is 40.5 Å². The number of hydrogen-bond acceptors (Lipinski definition) is 4. The molecule has 1 aromatic carbocycles. The van der Waals surface area contributed by atoms with Crippen LogP contribution in [0.3, 0.4) is 0 Å². The summed E-state index contributed by atoms with van der Waals surface area (Å²) in [5.41, 5.74) is 2.45. The first-order valence-corrected chi connectivity index (χ1v) is 8.70. The van der Waals surface area contributed by atoms with Crippen LogP contribution >= 0.6 is 0 Å². The first kappa shape index (κ1) is 20.8. The number of aromatic hydroxyl groups is 3. The maximum atomic E-state index is 12.6. The molecule has 1 rings (SSSR count). The van der Waals surface area contributed by atoms with E-state index in [0.29, 0.717) is 6.42 Å². The summed E-state index contributed by atoms with van der Waals surface area (Å²) < 4.78 is 0. The predicted octanol–water partition coefficient (Wildman–Crippen LogP) is 5.27. The minimum absolute atomic E-state index is 0.0935. The maximum absolute atomic E-state index is 12.6. The van der Waals surface area contributed by atoms with Crippen LogP contribution in [0.5, 0.6) is 17.2 Å². The van der Waals surface area contributed by atoms with Crippen LogP contribution in [0.4, 0.5) is 0 Å². The van der Waals surface area contributed by atoms with Gasteiger partial charge in [-0.15, -0.1) is 0 Å². The van der Waals surface area contributed by atoms with Gasteiger partial charge in [0.1, 0.15) is 22.8 Å². The van der Waals surface area contributed by atoms with E-state index in [1.54, 1.807) is 0 Å². The lowest BCUT2D eigenvalue weighted by molar-refractivity contribution is 0.0957. The van der Waals surface area contributed by atoms with Crippen LogP contribution in [0.15, 0.2) is 29.4 Å². The molecule has 0 amide bonds. The lowest BCUT2D eigenvalue weighted by Crippen LogP contribution is -2.08. The number of benzene rings is 1. The second-order valence-electron chi connectivity index (χ2n) is 7.19. The van der Waals surface area contributed by atoms with Crippen LogP contribution in [-0.4, -0.2) is 21.1 Å². The fraction of sp³-hybridized carbons (Fsp3) is 0.476. The fourth-order valence-corrected chi connectivity index (χ4v) is 2.64. The van der Waals surface area contributed by atoms with E-state index in [9.17, 15) is 20.1 Å². The van der Waals surface area contributed by atoms with E-state index in [2.05, 4.69) is 6.08 Å². The Labute approximate surface area is 150 Å². The van der Waals surface area contributed by atoms with Gasteiger partial charge in [-0.05, 0) is 52.9 Å². The zero-order chi connectivity index (χ0) is 19.1. The van der Waals surface area contributed by atoms with Crippen LogP contribution in [0.2, 0.25) is 0 Å². The number of phenols is 3. The summed E-state index contributed by atoms with van der Waals surface area (Å²) in [6, 6.07) is 1.13. The van der Waals surface area contributed by atoms with E-state index < -0.39 is 0 Å². The molecule has 0 heterocycles. The van der Waals surface area contributed by atoms with Gasteiger partial charge in [0.15, 0.2) is 5.78 Å². The molecular formula is C21H30O4. The van der Waals surface area contributed by atoms with E-state index in [0.717, 1.165) is 24.5 Å². The van der Waals surface area contributed by atoms with Crippen LogP contribution in [0.1, 0.15) is 69.8 Å². The van der Waals surface area contributed by atoms with Gasteiger partial charge in [0.2, 0.25) is 0 Å². The highest BCUT2D eigenvalue weighted by molar-refractivity contribution is 6.02. The van der Waals surface area contributed by atoms with Gasteiger partial charge in [-0.2, -0.15) is 0 Å². The van der Waals surface area contributed by atoms with Crippen molar-refractivity contribution in [2.45, 2.75) is 60.3 Å². The minimum atomic E-state index is -0.377. The Hall–Kier alpha value is -2.23. The molecule has 4 heteroatoms. The van der Waals surface area contributed by atoms with Crippen molar-refractivity contribution in [1.29, 1.82) is 0 Å². The van der Waals surface area contributed by atoms with Crippen molar-refractivity contribution in [2.24, 2.45) is 5.92 Å². The summed E-state index contributed by atoms with van der Waals surface area (Å²) in [4.78, 5) is 12.6. The van der Waals surface area contributed by atoms with Crippen LogP contribution in [-0.2, 0) is 6.42 Å². The SMILES string of the molecule is CC(C)=CCCC(C)CC(=O)c1c(O)cc(O)c(CC=C(C)C)c1O. The third kappa shape index (κ3) is 6.29. The average molecular weight is 346 g/mol. The molecule has 1 atom stereocenters. The van der Waals surface area contributed by atoms with E-state index in [4.69, 9.17) is 0 Å². The first-order chi connectivity index (χ1) is 11.6. The Morgan fingerprint density at radius 3 is 2.20 bits per heavy atom. The molecule has 25 heavy (non-hydrogen) atoms. The van der Waals surface area contributed by atoms with E-state index in [1.165, 1.54) is 5.57 Å². The van der Waals surface area contributed by atoms with Crippen molar-refractivity contribution in [2.75, 3.05) is 0 Å². The number of carbonyl (C=O) groups is 1. The zero-order valence-corrected chi connectivity index (χ0v) is 15.9. The van der Waals surface area contributed by atoms with Gasteiger partial charge in [-0.1, -0.05) is 30.2 Å². The second kappa shape index (κ2) is 9.30. The Morgan fingerprint density at radius 1 is 1.04 bits per heavy atom. The first-order valence-electron chi connectivity index (χ1n) is 8.70. The van der Waals surface area contributed by atoms with Gasteiger partial charge in [0, 0.05) is 18.1 Å². The van der Waals surface area contributed by atoms with Crippen molar-refractivity contribution in [3.8, 4) is 17.2 Å². The molecule has 0 saturated carbocycles. The summed E-state index contributed by atoms with van der Waals surface area (Å²) in [6.45, 7) is 9.88. The number of hydrogen-bond donors (Lipinski definition) is 3. The molecule has 138 valence electrons. The third-order valence-electron chi connectivity index (χ3n) is 4.10. The Morgan fingerprint density at radius 2 is 1.64 bits per heavy atom. The number of Topliss-reactive ketones (excluding diaryl/α,β-unsaturated/α-hetero) is 1. The molecule has 0 spiro atoms. The minimum Gasteiger partial charge on any atom is -0.507 e. The summed E-state index contributed by atoms with van der Waals surface area (Å²) in [7, 11) is 0.